The Kier molecular flexibility index (Phi) is 7.69. The fraction of sp³-hybridized carbons (Fsp3) is 0.636. The van der Waals surface area contributed by atoms with Gasteiger partial charge in [0.25, 0.3) is 0 Å². The summed E-state index contributed by atoms with van der Waals surface area (Å²) in [6, 6.07) is 10.2. The molecule has 0 radical (unpaired) electrons. The lowest BCUT2D eigenvalue weighted by molar-refractivity contribution is -0.129. The van der Waals surface area contributed by atoms with Gasteiger partial charge >= 0.3 is 0 Å². The number of rotatable bonds is 8. The van der Waals surface area contributed by atoms with Crippen LogP contribution in [-0.4, -0.2) is 60.9 Å². The molecule has 5 nitrogen and oxygen atoms in total. The molecule has 0 spiro atoms. The van der Waals surface area contributed by atoms with E-state index in [2.05, 4.69) is 22.3 Å². The zero-order chi connectivity index (χ0) is 18.9. The molecular weight excluding hydrogens is 338 g/mol. The van der Waals surface area contributed by atoms with E-state index in [9.17, 15) is 9.59 Å². The fourth-order valence-corrected chi connectivity index (χ4v) is 4.09. The van der Waals surface area contributed by atoms with Crippen LogP contribution in [0.1, 0.15) is 44.1 Å². The molecule has 1 aromatic carbocycles. The number of likely N-dealkylation sites (tertiary alicyclic amines) is 2. The number of amides is 2. The largest absolute Gasteiger partial charge is 0.356 e. The van der Waals surface area contributed by atoms with Gasteiger partial charge in [0, 0.05) is 26.1 Å². The molecule has 27 heavy (non-hydrogen) atoms. The average molecular weight is 372 g/mol. The van der Waals surface area contributed by atoms with Crippen molar-refractivity contribution in [1.82, 2.24) is 15.1 Å². The first-order valence-electron chi connectivity index (χ1n) is 10.5. The van der Waals surface area contributed by atoms with Crippen LogP contribution in [0.2, 0.25) is 0 Å². The van der Waals surface area contributed by atoms with E-state index in [1.807, 2.05) is 23.1 Å². The van der Waals surface area contributed by atoms with E-state index >= 15 is 0 Å². The van der Waals surface area contributed by atoms with Gasteiger partial charge in [-0.3, -0.25) is 9.59 Å². The second-order valence-corrected chi connectivity index (χ2v) is 7.88. The molecule has 2 aliphatic heterocycles. The van der Waals surface area contributed by atoms with Gasteiger partial charge in [0.1, 0.15) is 0 Å². The molecule has 3 rings (SSSR count). The van der Waals surface area contributed by atoms with Crippen molar-refractivity contribution in [2.45, 2.75) is 44.9 Å². The van der Waals surface area contributed by atoms with Crippen LogP contribution in [0, 0.1) is 5.92 Å². The minimum absolute atomic E-state index is 0.0430. The van der Waals surface area contributed by atoms with Crippen molar-refractivity contribution in [2.75, 3.05) is 39.3 Å². The third-order valence-electron chi connectivity index (χ3n) is 5.75. The maximum atomic E-state index is 12.4. The first kappa shape index (κ1) is 19.9. The summed E-state index contributed by atoms with van der Waals surface area (Å²) < 4.78 is 0. The summed E-state index contributed by atoms with van der Waals surface area (Å²) in [5.41, 5.74) is 1.23. The summed E-state index contributed by atoms with van der Waals surface area (Å²) in [4.78, 5) is 29.0. The Hall–Kier alpha value is -1.88. The molecule has 1 atom stereocenters. The van der Waals surface area contributed by atoms with E-state index in [0.29, 0.717) is 26.1 Å². The molecule has 1 aromatic rings. The number of hydrogen-bond donors (Lipinski definition) is 1. The predicted molar refractivity (Wildman–Crippen MR) is 107 cm³/mol. The van der Waals surface area contributed by atoms with Gasteiger partial charge in [-0.05, 0) is 50.9 Å². The number of hydrogen-bond acceptors (Lipinski definition) is 3. The van der Waals surface area contributed by atoms with Crippen LogP contribution in [0.4, 0.5) is 0 Å². The van der Waals surface area contributed by atoms with Gasteiger partial charge in [-0.15, -0.1) is 0 Å². The second kappa shape index (κ2) is 10.5. The monoisotopic (exact) mass is 371 g/mol. The molecule has 0 saturated carbocycles. The summed E-state index contributed by atoms with van der Waals surface area (Å²) in [6.45, 7) is 5.42. The molecular formula is C22H33N3O2. The Labute approximate surface area is 163 Å². The molecule has 2 amide bonds. The van der Waals surface area contributed by atoms with Gasteiger partial charge in [0.2, 0.25) is 11.8 Å². The first-order valence-corrected chi connectivity index (χ1v) is 10.5. The SMILES string of the molecule is O=C(NCCCN1CCCCCC1)[C@@H]1CC(=O)N(CCc2ccccc2)C1. The zero-order valence-electron chi connectivity index (χ0n) is 16.4. The van der Waals surface area contributed by atoms with Gasteiger partial charge in [0.05, 0.1) is 5.92 Å². The highest BCUT2D eigenvalue weighted by atomic mass is 16.2. The number of benzene rings is 1. The number of carbonyl (C=O) groups is 2. The zero-order valence-corrected chi connectivity index (χ0v) is 16.4. The lowest BCUT2D eigenvalue weighted by atomic mass is 10.1. The highest BCUT2D eigenvalue weighted by molar-refractivity contribution is 5.89. The van der Waals surface area contributed by atoms with Gasteiger partial charge < -0.3 is 15.1 Å². The van der Waals surface area contributed by atoms with Crippen LogP contribution in [0.5, 0.6) is 0 Å². The average Bonchev–Trinajstić information content (AvgIpc) is 2.89. The Morgan fingerprint density at radius 2 is 1.78 bits per heavy atom. The van der Waals surface area contributed by atoms with E-state index in [1.54, 1.807) is 0 Å². The summed E-state index contributed by atoms with van der Waals surface area (Å²) in [7, 11) is 0. The van der Waals surface area contributed by atoms with Crippen molar-refractivity contribution in [3.63, 3.8) is 0 Å². The van der Waals surface area contributed by atoms with Crippen molar-refractivity contribution in [3.8, 4) is 0 Å². The molecule has 5 heteroatoms. The van der Waals surface area contributed by atoms with Gasteiger partial charge in [-0.25, -0.2) is 0 Å². The number of carbonyl (C=O) groups excluding carboxylic acids is 2. The van der Waals surface area contributed by atoms with Gasteiger partial charge in [0.15, 0.2) is 0 Å². The lowest BCUT2D eigenvalue weighted by Crippen LogP contribution is -2.35. The molecule has 2 fully saturated rings. The standard InChI is InChI=1S/C22H33N3O2/c26-21-17-20(18-25(21)16-11-19-9-4-3-5-10-19)22(27)23-12-8-15-24-13-6-1-2-7-14-24/h3-5,9-10,20H,1-2,6-8,11-18H2,(H,23,27)/t20-/m1/s1. The first-order chi connectivity index (χ1) is 13.2. The second-order valence-electron chi connectivity index (χ2n) is 7.88. The Balaban J connectivity index is 1.33. The minimum atomic E-state index is -0.188. The topological polar surface area (TPSA) is 52.7 Å². The van der Waals surface area contributed by atoms with E-state index in [-0.39, 0.29) is 17.7 Å². The molecule has 0 aromatic heterocycles. The summed E-state index contributed by atoms with van der Waals surface area (Å²) in [5.74, 6) is -0.0384. The van der Waals surface area contributed by atoms with Gasteiger partial charge in [-0.2, -0.15) is 0 Å². The van der Waals surface area contributed by atoms with Gasteiger partial charge in [-0.1, -0.05) is 43.2 Å². The van der Waals surface area contributed by atoms with Crippen LogP contribution in [0.15, 0.2) is 30.3 Å². The Bertz CT molecular complexity index is 597. The maximum absolute atomic E-state index is 12.4. The van der Waals surface area contributed by atoms with Crippen LogP contribution < -0.4 is 5.32 Å². The maximum Gasteiger partial charge on any atom is 0.225 e. The molecule has 0 aliphatic carbocycles. The van der Waals surface area contributed by atoms with E-state index in [4.69, 9.17) is 0 Å². The van der Waals surface area contributed by atoms with E-state index in [1.165, 1.54) is 44.3 Å². The normalized spacial score (nSPS) is 21.3. The Morgan fingerprint density at radius 1 is 1.04 bits per heavy atom. The smallest absolute Gasteiger partial charge is 0.225 e. The quantitative estimate of drug-likeness (QED) is 0.714. The fourth-order valence-electron chi connectivity index (χ4n) is 4.09. The van der Waals surface area contributed by atoms with Crippen molar-refractivity contribution in [1.29, 1.82) is 0 Å². The third-order valence-corrected chi connectivity index (χ3v) is 5.75. The highest BCUT2D eigenvalue weighted by Gasteiger charge is 2.33. The molecule has 0 unspecified atom stereocenters. The molecule has 2 heterocycles. The lowest BCUT2D eigenvalue weighted by Gasteiger charge is -2.20. The summed E-state index contributed by atoms with van der Waals surface area (Å²) >= 11 is 0. The van der Waals surface area contributed by atoms with Crippen LogP contribution in [-0.2, 0) is 16.0 Å². The molecule has 148 valence electrons. The number of nitrogens with one attached hydrogen (secondary N) is 1. The summed E-state index contributed by atoms with van der Waals surface area (Å²) in [6.07, 6.45) is 7.49. The molecule has 1 N–H and O–H groups in total. The molecule has 2 aliphatic rings. The highest BCUT2D eigenvalue weighted by Crippen LogP contribution is 2.18. The predicted octanol–water partition coefficient (Wildman–Crippen LogP) is 2.46. The van der Waals surface area contributed by atoms with E-state index in [0.717, 1.165) is 19.4 Å². The van der Waals surface area contributed by atoms with Crippen molar-refractivity contribution in [2.24, 2.45) is 5.92 Å². The molecule has 2 saturated heterocycles. The third kappa shape index (κ3) is 6.35. The van der Waals surface area contributed by atoms with Crippen molar-refractivity contribution >= 4 is 11.8 Å². The minimum Gasteiger partial charge on any atom is -0.356 e. The van der Waals surface area contributed by atoms with Crippen molar-refractivity contribution < 1.29 is 9.59 Å². The van der Waals surface area contributed by atoms with Crippen molar-refractivity contribution in [3.05, 3.63) is 35.9 Å². The van der Waals surface area contributed by atoms with E-state index < -0.39 is 0 Å². The Morgan fingerprint density at radius 3 is 2.52 bits per heavy atom. The van der Waals surface area contributed by atoms with Crippen LogP contribution in [0.25, 0.3) is 0 Å². The van der Waals surface area contributed by atoms with Crippen LogP contribution >= 0.6 is 0 Å². The van der Waals surface area contributed by atoms with Crippen LogP contribution in [0.3, 0.4) is 0 Å². The summed E-state index contributed by atoms with van der Waals surface area (Å²) in [5, 5.41) is 3.05. The number of nitrogens with zero attached hydrogens (tertiary/aromatic N) is 2. The molecule has 0 bridgehead atoms.